The second kappa shape index (κ2) is 11.8. The molecule has 0 spiro atoms. The highest BCUT2D eigenvalue weighted by Gasteiger charge is 2.42. The lowest BCUT2D eigenvalue weighted by molar-refractivity contribution is -0.130. The van der Waals surface area contributed by atoms with E-state index >= 15 is 0 Å². The molecule has 5 rings (SSSR count). The number of piperidine rings is 1. The van der Waals surface area contributed by atoms with E-state index in [-0.39, 0.29) is 29.3 Å². The Morgan fingerprint density at radius 1 is 1.12 bits per heavy atom. The lowest BCUT2D eigenvalue weighted by Gasteiger charge is -2.44. The van der Waals surface area contributed by atoms with Gasteiger partial charge in [0.1, 0.15) is 5.82 Å². The molecule has 6 nitrogen and oxygen atoms in total. The molecule has 2 fully saturated rings. The minimum Gasteiger partial charge on any atom is -0.465 e. The lowest BCUT2D eigenvalue weighted by atomic mass is 9.73. The van der Waals surface area contributed by atoms with Gasteiger partial charge in [-0.3, -0.25) is 4.79 Å². The Morgan fingerprint density at radius 3 is 2.73 bits per heavy atom. The molecule has 3 aromatic rings. The molecule has 1 aliphatic heterocycles. The summed E-state index contributed by atoms with van der Waals surface area (Å²) in [5.41, 5.74) is 3.50. The average Bonchev–Trinajstić information content (AvgIpc) is 3.37. The third kappa shape index (κ3) is 5.97. The Kier molecular flexibility index (Phi) is 8.37. The number of benzene rings is 2. The fourth-order valence-corrected chi connectivity index (χ4v) is 6.97. The summed E-state index contributed by atoms with van der Waals surface area (Å²) in [5, 5.41) is 5.21. The molecule has 0 unspecified atom stereocenters. The number of hydrogen-bond donors (Lipinski definition) is 1. The summed E-state index contributed by atoms with van der Waals surface area (Å²) in [6, 6.07) is 16.0. The zero-order valence-corrected chi connectivity index (χ0v) is 24.8. The molecule has 1 N–H and O–H groups in total. The number of anilines is 1. The van der Waals surface area contributed by atoms with Crippen LogP contribution in [0.15, 0.2) is 48.5 Å². The normalized spacial score (nSPS) is 22.3. The van der Waals surface area contributed by atoms with Crippen molar-refractivity contribution < 1.29 is 14.3 Å². The molecule has 2 aliphatic rings. The van der Waals surface area contributed by atoms with Gasteiger partial charge in [-0.2, -0.15) is 0 Å². The van der Waals surface area contributed by atoms with Gasteiger partial charge < -0.3 is 15.0 Å². The lowest BCUT2D eigenvalue weighted by Crippen LogP contribution is -2.53. The first-order valence-electron chi connectivity index (χ1n) is 14.4. The molecule has 1 aromatic heterocycles. The predicted octanol–water partition coefficient (Wildman–Crippen LogP) is 6.75. The largest absolute Gasteiger partial charge is 0.465 e. The number of halogens is 1. The van der Waals surface area contributed by atoms with Crippen LogP contribution in [0.3, 0.4) is 0 Å². The third-order valence-electron chi connectivity index (χ3n) is 9.02. The number of aryl methyl sites for hydroxylation is 2. The number of pyridine rings is 1. The van der Waals surface area contributed by atoms with E-state index in [0.29, 0.717) is 16.5 Å². The molecule has 3 atom stereocenters. The summed E-state index contributed by atoms with van der Waals surface area (Å²) in [5.74, 6) is 1.14. The van der Waals surface area contributed by atoms with Gasteiger partial charge in [-0.05, 0) is 91.8 Å². The standard InChI is InChI=1S/C33H40ClN3O3/c1-21-7-5-9-23-13-16-29(36-30(21)23)37-18-17-27(33(2,3)20-37)31(38)35-28-10-6-8-22(28)11-12-24-19-25(34)14-15-26(24)32(39)40-4/h5,7,9,13-16,19,22,27-28H,6,8,10-12,17-18,20H2,1-4H3,(H,35,38)/t22-,27+,28-/m0/s1. The van der Waals surface area contributed by atoms with Crippen LogP contribution in [0.5, 0.6) is 0 Å². The monoisotopic (exact) mass is 561 g/mol. The van der Waals surface area contributed by atoms with E-state index in [1.165, 1.54) is 12.7 Å². The topological polar surface area (TPSA) is 71.5 Å². The van der Waals surface area contributed by atoms with E-state index in [2.05, 4.69) is 61.3 Å². The van der Waals surface area contributed by atoms with Crippen molar-refractivity contribution in [1.82, 2.24) is 10.3 Å². The van der Waals surface area contributed by atoms with E-state index in [4.69, 9.17) is 21.3 Å². The van der Waals surface area contributed by atoms with Crippen LogP contribution in [0.25, 0.3) is 10.9 Å². The molecule has 1 saturated carbocycles. The summed E-state index contributed by atoms with van der Waals surface area (Å²) in [4.78, 5) is 33.2. The first-order valence-corrected chi connectivity index (χ1v) is 14.8. The zero-order valence-electron chi connectivity index (χ0n) is 24.0. The summed E-state index contributed by atoms with van der Waals surface area (Å²) in [7, 11) is 1.40. The van der Waals surface area contributed by atoms with Gasteiger partial charge in [0, 0.05) is 35.5 Å². The number of fused-ring (bicyclic) bond motifs is 1. The van der Waals surface area contributed by atoms with Crippen molar-refractivity contribution in [2.75, 3.05) is 25.1 Å². The number of esters is 1. The molecular weight excluding hydrogens is 522 g/mol. The first kappa shape index (κ1) is 28.4. The van der Waals surface area contributed by atoms with E-state index in [0.717, 1.165) is 73.9 Å². The summed E-state index contributed by atoms with van der Waals surface area (Å²) in [6.07, 6.45) is 5.59. The number of para-hydroxylation sites is 1. The van der Waals surface area contributed by atoms with Gasteiger partial charge in [-0.15, -0.1) is 0 Å². The van der Waals surface area contributed by atoms with Gasteiger partial charge in [0.05, 0.1) is 18.2 Å². The van der Waals surface area contributed by atoms with Crippen molar-refractivity contribution in [3.63, 3.8) is 0 Å². The van der Waals surface area contributed by atoms with Crippen molar-refractivity contribution in [3.8, 4) is 0 Å². The number of carbonyl (C=O) groups is 2. The Labute approximate surface area is 242 Å². The minimum atomic E-state index is -0.342. The number of carbonyl (C=O) groups excluding carboxylic acids is 2. The summed E-state index contributed by atoms with van der Waals surface area (Å²) in [6.45, 7) is 8.10. The molecule has 1 amide bonds. The van der Waals surface area contributed by atoms with E-state index in [9.17, 15) is 9.59 Å². The fraction of sp³-hybridized carbons (Fsp3) is 0.485. The smallest absolute Gasteiger partial charge is 0.338 e. The molecule has 1 saturated heterocycles. The van der Waals surface area contributed by atoms with Crippen molar-refractivity contribution in [2.24, 2.45) is 17.3 Å². The van der Waals surface area contributed by atoms with Gasteiger partial charge in [0.2, 0.25) is 5.91 Å². The number of aromatic nitrogens is 1. The van der Waals surface area contributed by atoms with Gasteiger partial charge in [0.15, 0.2) is 0 Å². The maximum Gasteiger partial charge on any atom is 0.338 e. The SMILES string of the molecule is COC(=O)c1ccc(Cl)cc1CC[C@@H]1CCC[C@@H]1NC(=O)[C@H]1CCN(c2ccc3cccc(C)c3n2)CC1(C)C. The molecule has 40 heavy (non-hydrogen) atoms. The Bertz CT molecular complexity index is 1400. The van der Waals surface area contributed by atoms with E-state index in [1.807, 2.05) is 6.07 Å². The van der Waals surface area contributed by atoms with Crippen molar-refractivity contribution in [1.29, 1.82) is 0 Å². The number of nitrogens with zero attached hydrogens (tertiary/aromatic N) is 2. The van der Waals surface area contributed by atoms with Crippen LogP contribution in [-0.2, 0) is 16.0 Å². The quantitative estimate of drug-likeness (QED) is 0.323. The number of rotatable bonds is 7. The molecule has 0 radical (unpaired) electrons. The number of amides is 1. The van der Waals surface area contributed by atoms with Gasteiger partial charge >= 0.3 is 5.97 Å². The van der Waals surface area contributed by atoms with Crippen LogP contribution < -0.4 is 10.2 Å². The highest BCUT2D eigenvalue weighted by molar-refractivity contribution is 6.30. The highest BCUT2D eigenvalue weighted by atomic mass is 35.5. The van der Waals surface area contributed by atoms with Crippen LogP contribution in [0.1, 0.15) is 67.4 Å². The van der Waals surface area contributed by atoms with Crippen molar-refractivity contribution >= 4 is 40.2 Å². The minimum absolute atomic E-state index is 0.0500. The number of nitrogens with one attached hydrogen (secondary N) is 1. The van der Waals surface area contributed by atoms with Crippen molar-refractivity contribution in [3.05, 3.63) is 70.2 Å². The molecule has 2 aromatic carbocycles. The van der Waals surface area contributed by atoms with E-state index < -0.39 is 0 Å². The van der Waals surface area contributed by atoms with Gasteiger partial charge in [-0.1, -0.05) is 50.1 Å². The van der Waals surface area contributed by atoms with Crippen LogP contribution in [0.4, 0.5) is 5.82 Å². The number of hydrogen-bond acceptors (Lipinski definition) is 5. The maximum atomic E-state index is 13.7. The molecule has 2 heterocycles. The predicted molar refractivity (Wildman–Crippen MR) is 161 cm³/mol. The third-order valence-corrected chi connectivity index (χ3v) is 9.26. The van der Waals surface area contributed by atoms with Crippen LogP contribution >= 0.6 is 11.6 Å². The summed E-state index contributed by atoms with van der Waals surface area (Å²) >= 11 is 6.24. The highest BCUT2D eigenvalue weighted by Crippen LogP contribution is 2.38. The van der Waals surface area contributed by atoms with E-state index in [1.54, 1.807) is 12.1 Å². The Balaban J connectivity index is 1.22. The van der Waals surface area contributed by atoms with Gasteiger partial charge in [-0.25, -0.2) is 9.78 Å². The van der Waals surface area contributed by atoms with Crippen LogP contribution in [0, 0.1) is 24.2 Å². The fourth-order valence-electron chi connectivity index (χ4n) is 6.77. The average molecular weight is 562 g/mol. The summed E-state index contributed by atoms with van der Waals surface area (Å²) < 4.78 is 4.96. The molecule has 0 bridgehead atoms. The molecular formula is C33H40ClN3O3. The molecule has 212 valence electrons. The van der Waals surface area contributed by atoms with Crippen LogP contribution in [0.2, 0.25) is 5.02 Å². The first-order chi connectivity index (χ1) is 19.2. The maximum absolute atomic E-state index is 13.7. The zero-order chi connectivity index (χ0) is 28.4. The molecule has 1 aliphatic carbocycles. The molecule has 7 heteroatoms. The van der Waals surface area contributed by atoms with Crippen LogP contribution in [-0.4, -0.2) is 43.1 Å². The second-order valence-corrected chi connectivity index (χ2v) is 12.6. The second-order valence-electron chi connectivity index (χ2n) is 12.2. The number of ether oxygens (including phenoxy) is 1. The van der Waals surface area contributed by atoms with Crippen molar-refractivity contribution in [2.45, 2.75) is 65.3 Å². The van der Waals surface area contributed by atoms with Gasteiger partial charge in [0.25, 0.3) is 0 Å². The number of methoxy groups -OCH3 is 1. The Morgan fingerprint density at radius 2 is 1.95 bits per heavy atom. The Hall–Kier alpha value is -3.12.